The second-order valence-electron chi connectivity index (χ2n) is 14.7. The van der Waals surface area contributed by atoms with Crippen LogP contribution in [0, 0.1) is 16.7 Å². The van der Waals surface area contributed by atoms with Gasteiger partial charge in [0, 0.05) is 49.2 Å². The summed E-state index contributed by atoms with van der Waals surface area (Å²) in [6.45, 7) is 9.08. The fourth-order valence-electron chi connectivity index (χ4n) is 8.06. The molecule has 3 aliphatic heterocycles. The third-order valence-corrected chi connectivity index (χ3v) is 12.2. The summed E-state index contributed by atoms with van der Waals surface area (Å²) in [5.41, 5.74) is 6.43. The van der Waals surface area contributed by atoms with Gasteiger partial charge in [-0.15, -0.1) is 9.82 Å². The Labute approximate surface area is 285 Å². The molecule has 12 heteroatoms. The van der Waals surface area contributed by atoms with E-state index in [2.05, 4.69) is 37.7 Å². The molecule has 2 unspecified atom stereocenters. The van der Waals surface area contributed by atoms with Gasteiger partial charge in [0.1, 0.15) is 10.6 Å². The number of fused-ring (bicyclic) bond motifs is 3. The van der Waals surface area contributed by atoms with E-state index in [4.69, 9.17) is 19.8 Å². The molecular formula is C36H43N9O2S. The van der Waals surface area contributed by atoms with E-state index in [0.29, 0.717) is 12.2 Å². The van der Waals surface area contributed by atoms with Crippen LogP contribution in [0.15, 0.2) is 42.7 Å². The van der Waals surface area contributed by atoms with Gasteiger partial charge < -0.3 is 19.1 Å². The van der Waals surface area contributed by atoms with Crippen molar-refractivity contribution in [2.45, 2.75) is 89.2 Å². The lowest BCUT2D eigenvalue weighted by molar-refractivity contribution is -0.0368. The van der Waals surface area contributed by atoms with E-state index in [1.54, 1.807) is 0 Å². The highest BCUT2D eigenvalue weighted by molar-refractivity contribution is 7.90. The fourth-order valence-corrected chi connectivity index (χ4v) is 8.99. The number of hydrogen-bond donors (Lipinski definition) is 1. The van der Waals surface area contributed by atoms with E-state index in [-0.39, 0.29) is 17.7 Å². The summed E-state index contributed by atoms with van der Waals surface area (Å²) in [4.78, 5) is 19.5. The number of benzene rings is 1. The molecule has 2 saturated heterocycles. The number of hydrogen-bond acceptors (Lipinski definition) is 10. The van der Waals surface area contributed by atoms with Crippen LogP contribution in [0.5, 0.6) is 0 Å². The first-order chi connectivity index (χ1) is 23.3. The van der Waals surface area contributed by atoms with E-state index in [1.165, 1.54) is 5.56 Å². The van der Waals surface area contributed by atoms with Gasteiger partial charge in [0.2, 0.25) is 0 Å². The number of aromatic nitrogens is 5. The molecule has 4 aliphatic rings. The van der Waals surface area contributed by atoms with E-state index in [1.807, 2.05) is 56.0 Å². The maximum atomic E-state index is 13.5. The number of nitrogens with one attached hydrogen (secondary N) is 1. The summed E-state index contributed by atoms with van der Waals surface area (Å²) in [6, 6.07) is 12.4. The Kier molecular flexibility index (Phi) is 8.06. The van der Waals surface area contributed by atoms with E-state index >= 15 is 0 Å². The Hall–Kier alpha value is -3.76. The van der Waals surface area contributed by atoms with Gasteiger partial charge in [0.25, 0.3) is 0 Å². The van der Waals surface area contributed by atoms with Crippen LogP contribution in [0.1, 0.15) is 94.0 Å². The second-order valence-corrected chi connectivity index (χ2v) is 16.7. The number of pyridine rings is 1. The molecule has 0 amide bonds. The normalized spacial score (nSPS) is 22.8. The standard InChI is InChI=1S/C36H43N9O2S/c1-35(2,3)48(46)42-32-30-24(9-6-10-25(30)22-37)21-36(32)14-18-43(19-15-36)28-23-39-31-33(40-28)45(29-13-4-5-20-47-29)41-34(31)44-17-8-11-26-27(44)12-7-16-38-26/h6-7,9-10,12,16,23,29,32,42H,4-5,8,11,13-15,17-21H2,1-3H3/t29?,32-,48?/m1/s1. The molecule has 1 spiro atoms. The average molecular weight is 666 g/mol. The lowest BCUT2D eigenvalue weighted by Crippen LogP contribution is -2.50. The first kappa shape index (κ1) is 31.5. The van der Waals surface area contributed by atoms with E-state index in [0.717, 1.165) is 111 Å². The number of nitriles is 1. The summed E-state index contributed by atoms with van der Waals surface area (Å²) < 4.78 is 24.8. The largest absolute Gasteiger partial charge is 0.598 e. The molecule has 8 rings (SSSR count). The second kappa shape index (κ2) is 12.3. The smallest absolute Gasteiger partial charge is 0.183 e. The molecule has 250 valence electrons. The SMILES string of the molecule is CC(C)(C)[S+]([O-])N[C@@H]1c2c(C#N)cccc2CC12CCN(c1cnc3c(N4CCCc5ncccc54)nn(C4CCCCO4)c3n1)CC2. The number of rotatable bonds is 5. The molecule has 6 heterocycles. The molecule has 1 aromatic carbocycles. The lowest BCUT2D eigenvalue weighted by atomic mass is 9.73. The maximum Gasteiger partial charge on any atom is 0.183 e. The molecule has 0 saturated carbocycles. The number of nitrogens with zero attached hydrogens (tertiary/aromatic N) is 8. The predicted molar refractivity (Wildman–Crippen MR) is 186 cm³/mol. The number of ether oxygens (including phenoxy) is 1. The van der Waals surface area contributed by atoms with Gasteiger partial charge in [-0.05, 0) is 101 Å². The molecule has 4 aromatic rings. The summed E-state index contributed by atoms with van der Waals surface area (Å²) in [5.74, 6) is 1.64. The van der Waals surface area contributed by atoms with Crippen LogP contribution >= 0.6 is 0 Å². The summed E-state index contributed by atoms with van der Waals surface area (Å²) in [7, 11) is 0. The van der Waals surface area contributed by atoms with Gasteiger partial charge in [-0.1, -0.05) is 12.1 Å². The summed E-state index contributed by atoms with van der Waals surface area (Å²) in [5, 5.41) is 15.2. The minimum atomic E-state index is -1.28. The van der Waals surface area contributed by atoms with Crippen molar-refractivity contribution >= 4 is 39.8 Å². The minimum Gasteiger partial charge on any atom is -0.598 e. The molecular weight excluding hydrogens is 623 g/mol. The highest BCUT2D eigenvalue weighted by Crippen LogP contribution is 2.54. The van der Waals surface area contributed by atoms with E-state index in [9.17, 15) is 9.81 Å². The van der Waals surface area contributed by atoms with Gasteiger partial charge >= 0.3 is 0 Å². The van der Waals surface area contributed by atoms with Crippen LogP contribution in [0.2, 0.25) is 0 Å². The van der Waals surface area contributed by atoms with Gasteiger partial charge in [-0.3, -0.25) is 4.98 Å². The van der Waals surface area contributed by atoms with Crippen LogP contribution in [0.25, 0.3) is 11.2 Å². The molecule has 0 bridgehead atoms. The zero-order valence-corrected chi connectivity index (χ0v) is 28.8. The summed E-state index contributed by atoms with van der Waals surface area (Å²) in [6.07, 6.45) is 11.2. The number of aryl methyl sites for hydroxylation is 1. The van der Waals surface area contributed by atoms with Crippen molar-refractivity contribution in [1.82, 2.24) is 29.5 Å². The van der Waals surface area contributed by atoms with Crippen molar-refractivity contribution in [3.05, 3.63) is 65.1 Å². The third-order valence-electron chi connectivity index (χ3n) is 10.6. The third kappa shape index (κ3) is 5.41. The monoisotopic (exact) mass is 665 g/mol. The Morgan fingerprint density at radius 3 is 2.71 bits per heavy atom. The topological polar surface area (TPSA) is 131 Å². The van der Waals surface area contributed by atoms with Crippen LogP contribution in [-0.4, -0.2) is 60.3 Å². The van der Waals surface area contributed by atoms with Crippen LogP contribution in [0.3, 0.4) is 0 Å². The van der Waals surface area contributed by atoms with Gasteiger partial charge in [-0.25, -0.2) is 14.6 Å². The molecule has 1 aliphatic carbocycles. The van der Waals surface area contributed by atoms with Gasteiger partial charge in [-0.2, -0.15) is 5.26 Å². The van der Waals surface area contributed by atoms with Crippen LogP contribution in [0.4, 0.5) is 17.3 Å². The van der Waals surface area contributed by atoms with Gasteiger partial charge in [0.05, 0.1) is 35.3 Å². The molecule has 11 nitrogen and oxygen atoms in total. The zero-order chi connectivity index (χ0) is 33.0. The molecule has 1 N–H and O–H groups in total. The minimum absolute atomic E-state index is 0.148. The quantitative estimate of drug-likeness (QED) is 0.261. The van der Waals surface area contributed by atoms with Crippen molar-refractivity contribution in [2.24, 2.45) is 5.41 Å². The van der Waals surface area contributed by atoms with Crippen molar-refractivity contribution < 1.29 is 9.29 Å². The molecule has 48 heavy (non-hydrogen) atoms. The van der Waals surface area contributed by atoms with Crippen LogP contribution in [-0.2, 0) is 28.9 Å². The highest BCUT2D eigenvalue weighted by atomic mass is 32.2. The summed E-state index contributed by atoms with van der Waals surface area (Å²) >= 11 is -1.28. The fraction of sp³-hybridized carbons (Fsp3) is 0.528. The number of piperidine rings is 1. The Balaban J connectivity index is 1.11. The number of anilines is 3. The first-order valence-electron chi connectivity index (χ1n) is 17.3. The molecule has 0 radical (unpaired) electrons. The van der Waals surface area contributed by atoms with Crippen molar-refractivity contribution in [1.29, 1.82) is 5.26 Å². The molecule has 3 aromatic heterocycles. The maximum absolute atomic E-state index is 13.5. The van der Waals surface area contributed by atoms with Crippen LogP contribution < -0.4 is 14.5 Å². The van der Waals surface area contributed by atoms with Crippen molar-refractivity contribution in [3.63, 3.8) is 0 Å². The van der Waals surface area contributed by atoms with Crippen molar-refractivity contribution in [2.75, 3.05) is 36.0 Å². The Bertz CT molecular complexity index is 1870. The zero-order valence-electron chi connectivity index (χ0n) is 28.0. The van der Waals surface area contributed by atoms with Crippen molar-refractivity contribution in [3.8, 4) is 6.07 Å². The highest BCUT2D eigenvalue weighted by Gasteiger charge is 2.51. The Morgan fingerprint density at radius 1 is 1.08 bits per heavy atom. The predicted octanol–water partition coefficient (Wildman–Crippen LogP) is 5.81. The molecule has 3 atom stereocenters. The molecule has 2 fully saturated rings. The first-order valence-corrected chi connectivity index (χ1v) is 18.4. The lowest BCUT2D eigenvalue weighted by Gasteiger charge is -2.44. The van der Waals surface area contributed by atoms with E-state index < -0.39 is 16.1 Å². The average Bonchev–Trinajstić information content (AvgIpc) is 3.63. The Morgan fingerprint density at radius 2 is 1.94 bits per heavy atom. The van der Waals surface area contributed by atoms with Gasteiger partial charge in [0.15, 0.2) is 23.2 Å².